The van der Waals surface area contributed by atoms with Crippen LogP contribution in [-0.2, 0) is 0 Å². The molecule has 1 aliphatic heterocycles. The topological polar surface area (TPSA) is 106 Å². The minimum Gasteiger partial charge on any atom is -0.605 e. The van der Waals surface area contributed by atoms with Gasteiger partial charge in [0.1, 0.15) is 0 Å². The highest BCUT2D eigenvalue weighted by Gasteiger charge is 2.26. The molecule has 12 heteroatoms. The van der Waals surface area contributed by atoms with Gasteiger partial charge >= 0.3 is 0 Å². The van der Waals surface area contributed by atoms with Gasteiger partial charge in [-0.05, 0) is 72.6 Å². The zero-order chi connectivity index (χ0) is 40.6. The van der Waals surface area contributed by atoms with E-state index in [1.54, 1.807) is 0 Å². The molecule has 8 nitrogen and oxygen atoms in total. The Kier molecular flexibility index (Phi) is 14.3. The first kappa shape index (κ1) is 42.9. The maximum Gasteiger partial charge on any atom is 0.0450 e. The van der Waals surface area contributed by atoms with E-state index in [9.17, 15) is 0 Å². The smallest absolute Gasteiger partial charge is 0.0450 e. The molecular weight excluding hydrogens is 812 g/mol. The van der Waals surface area contributed by atoms with Crippen molar-refractivity contribution in [3.63, 3.8) is 0 Å². The van der Waals surface area contributed by atoms with Gasteiger partial charge in [-0.1, -0.05) is 198 Å². The van der Waals surface area contributed by atoms with Gasteiger partial charge in [-0.25, -0.2) is 0 Å². The molecule has 9 rings (SSSR count). The van der Waals surface area contributed by atoms with Crippen molar-refractivity contribution in [2.75, 3.05) is 0 Å². The van der Waals surface area contributed by atoms with Crippen molar-refractivity contribution in [3.8, 4) is 0 Å². The van der Waals surface area contributed by atoms with Gasteiger partial charge in [-0.3, -0.25) is 0 Å². The molecule has 0 spiro atoms. The summed E-state index contributed by atoms with van der Waals surface area (Å²) in [7, 11) is -12.8. The van der Waals surface area contributed by atoms with Gasteiger partial charge in [0.15, 0.2) is 0 Å². The molecular formula is C48H64N8P4-4. The fourth-order valence-electron chi connectivity index (χ4n) is 9.84. The predicted molar refractivity (Wildman–Crippen MR) is 263 cm³/mol. The van der Waals surface area contributed by atoms with E-state index >= 15 is 0 Å². The molecule has 5 fully saturated rings. The lowest BCUT2D eigenvalue weighted by Crippen LogP contribution is -2.20. The molecule has 1 saturated heterocycles. The first-order valence-electron chi connectivity index (χ1n) is 23.2. The Morgan fingerprint density at radius 2 is 0.450 bits per heavy atom. The summed E-state index contributed by atoms with van der Waals surface area (Å²) in [6.07, 6.45) is 22.9. The van der Waals surface area contributed by atoms with Crippen LogP contribution in [0, 0.1) is 0 Å². The molecule has 4 aromatic carbocycles. The molecule has 4 aliphatic carbocycles. The number of rotatable bonds is 8. The maximum absolute atomic E-state index is 6.49. The highest BCUT2D eigenvalue weighted by Crippen LogP contribution is 2.95. The summed E-state index contributed by atoms with van der Waals surface area (Å²) in [4.78, 5) is 25.9. The van der Waals surface area contributed by atoms with Crippen molar-refractivity contribution >= 4 is 50.6 Å². The van der Waals surface area contributed by atoms with Crippen molar-refractivity contribution in [1.29, 1.82) is 0 Å². The van der Waals surface area contributed by atoms with E-state index in [-0.39, 0.29) is 24.2 Å². The second-order valence-corrected chi connectivity index (χ2v) is 28.0. The van der Waals surface area contributed by atoms with Crippen molar-refractivity contribution in [2.45, 2.75) is 153 Å². The fraction of sp³-hybridized carbons (Fsp3) is 0.500. The Hall–Kier alpha value is -2.36. The van der Waals surface area contributed by atoms with E-state index in [2.05, 4.69) is 121 Å². The van der Waals surface area contributed by atoms with Crippen molar-refractivity contribution in [1.82, 2.24) is 0 Å². The SMILES string of the molecule is c1ccc(P2(=NC3CCCCC3)[N-]P(=NC3CCCCC3)(c3ccccc3)[N-]P(=NC3CCCCC3)(c3ccccc3)[N-]P(=NC3CCCCC3)(c3ccccc3)[N-]2)cc1. The monoisotopic (exact) mass is 876 g/mol. The van der Waals surface area contributed by atoms with Gasteiger partial charge in [0.05, 0.1) is 0 Å². The minimum absolute atomic E-state index is 0.152. The average molecular weight is 877 g/mol. The second kappa shape index (κ2) is 20.0. The largest absolute Gasteiger partial charge is 0.605 e. The number of hydrogen-bond acceptors (Lipinski definition) is 4. The Bertz CT molecular complexity index is 1870. The molecule has 0 unspecified atom stereocenters. The second-order valence-electron chi connectivity index (χ2n) is 17.6. The molecule has 0 radical (unpaired) electrons. The predicted octanol–water partition coefficient (Wildman–Crippen LogP) is 16.3. The van der Waals surface area contributed by atoms with Gasteiger partial charge in [-0.15, -0.1) is 0 Å². The Morgan fingerprint density at radius 1 is 0.267 bits per heavy atom. The fourth-order valence-corrected chi connectivity index (χ4v) is 27.6. The van der Waals surface area contributed by atoms with Crippen LogP contribution in [0.4, 0.5) is 0 Å². The molecule has 0 aromatic heterocycles. The molecule has 0 atom stereocenters. The third kappa shape index (κ3) is 9.88. The van der Waals surface area contributed by atoms with E-state index in [4.69, 9.17) is 38.4 Å². The van der Waals surface area contributed by atoms with Crippen molar-refractivity contribution in [3.05, 3.63) is 141 Å². The Balaban J connectivity index is 1.43. The summed E-state index contributed by atoms with van der Waals surface area (Å²) in [6, 6.07) is 44.4. The third-order valence-electron chi connectivity index (χ3n) is 13.0. The lowest BCUT2D eigenvalue weighted by atomic mass is 9.97. The van der Waals surface area contributed by atoms with Crippen molar-refractivity contribution < 1.29 is 0 Å². The summed E-state index contributed by atoms with van der Waals surface area (Å²) in [5, 5.41) is 4.31. The molecule has 0 bridgehead atoms. The standard InChI is InChI=1S/C48H64N8P4/c1-9-25-41(26-10-1)49-57(45-33-17-5-18-34-45)53-58(46-35-19-6-20-36-46,50-42-27-11-2-12-28-42)55-60(48-39-23-8-24-40-48,52-44-31-15-4-16-32-44)56-59(54-57,47-37-21-7-22-38-47)51-43-29-13-3-14-30-43/h5-8,17-24,33-44H,1-4,9-16,25-32H2/q-4. The summed E-state index contributed by atoms with van der Waals surface area (Å²) in [5.41, 5.74) is 0. The third-order valence-corrected chi connectivity index (χ3v) is 27.5. The summed E-state index contributed by atoms with van der Waals surface area (Å²) < 4.78 is 24.5. The maximum atomic E-state index is 6.49. The minimum atomic E-state index is -3.21. The first-order valence-corrected chi connectivity index (χ1v) is 29.8. The molecule has 5 aliphatic rings. The first-order chi connectivity index (χ1) is 29.6. The number of benzene rings is 4. The van der Waals surface area contributed by atoms with Crippen LogP contribution >= 0.6 is 29.4 Å². The van der Waals surface area contributed by atoms with Crippen LogP contribution in [0.2, 0.25) is 0 Å². The quantitative estimate of drug-likeness (QED) is 0.157. The van der Waals surface area contributed by atoms with Gasteiger partial charge in [-0.2, -0.15) is 29.4 Å². The highest BCUT2D eigenvalue weighted by molar-refractivity contribution is 8.13. The van der Waals surface area contributed by atoms with Gasteiger partial charge in [0.25, 0.3) is 0 Å². The van der Waals surface area contributed by atoms with Crippen LogP contribution in [0.1, 0.15) is 128 Å². The molecule has 1 heterocycles. The van der Waals surface area contributed by atoms with E-state index in [0.717, 1.165) is 72.6 Å². The van der Waals surface area contributed by atoms with E-state index in [1.165, 1.54) is 77.0 Å². The number of nitrogens with zero attached hydrogens (tertiary/aromatic N) is 8. The molecule has 4 saturated carbocycles. The molecule has 320 valence electrons. The van der Waals surface area contributed by atoms with Crippen LogP contribution in [0.5, 0.6) is 0 Å². The van der Waals surface area contributed by atoms with Crippen molar-refractivity contribution in [2.24, 2.45) is 19.0 Å². The number of hydrogen-bond donors (Lipinski definition) is 0. The van der Waals surface area contributed by atoms with Crippen LogP contribution in [-0.4, -0.2) is 24.2 Å². The molecule has 0 N–H and O–H groups in total. The van der Waals surface area contributed by atoms with Gasteiger partial charge in [0.2, 0.25) is 0 Å². The lowest BCUT2D eigenvalue weighted by Gasteiger charge is -2.76. The van der Waals surface area contributed by atoms with E-state index in [1.807, 2.05) is 0 Å². The van der Waals surface area contributed by atoms with Gasteiger partial charge < -0.3 is 38.4 Å². The Labute approximate surface area is 361 Å². The highest BCUT2D eigenvalue weighted by atomic mass is 31.3. The summed E-state index contributed by atoms with van der Waals surface area (Å²) >= 11 is 0. The average Bonchev–Trinajstić information content (AvgIpc) is 3.31. The van der Waals surface area contributed by atoms with Crippen LogP contribution < -0.4 is 21.2 Å². The van der Waals surface area contributed by atoms with Crippen LogP contribution in [0.3, 0.4) is 0 Å². The van der Waals surface area contributed by atoms with Crippen LogP contribution in [0.15, 0.2) is 140 Å². The van der Waals surface area contributed by atoms with E-state index in [0.29, 0.717) is 0 Å². The normalized spacial score (nSPS) is 30.4. The lowest BCUT2D eigenvalue weighted by molar-refractivity contribution is 0.445. The Morgan fingerprint density at radius 3 is 0.633 bits per heavy atom. The van der Waals surface area contributed by atoms with E-state index < -0.39 is 29.4 Å². The molecule has 4 aromatic rings. The molecule has 60 heavy (non-hydrogen) atoms. The summed E-state index contributed by atoms with van der Waals surface area (Å²) in [5.74, 6) is 0. The van der Waals surface area contributed by atoms with Gasteiger partial charge in [0, 0.05) is 24.2 Å². The van der Waals surface area contributed by atoms with Crippen LogP contribution in [0.25, 0.3) is 19.4 Å². The molecule has 0 amide bonds. The summed E-state index contributed by atoms with van der Waals surface area (Å²) in [6.45, 7) is 0. The zero-order valence-corrected chi connectivity index (χ0v) is 38.9. The zero-order valence-electron chi connectivity index (χ0n) is 35.4.